The molecule has 0 aliphatic rings. The van der Waals surface area contributed by atoms with E-state index in [1.54, 1.807) is 18.5 Å². The highest BCUT2D eigenvalue weighted by Crippen LogP contribution is 2.20. The largest absolute Gasteiger partial charge is 0.354 e. The Morgan fingerprint density at radius 3 is 2.24 bits per heavy atom. The summed E-state index contributed by atoms with van der Waals surface area (Å²) in [5.41, 5.74) is 5.34. The number of aromatic nitrogens is 1. The molecule has 4 nitrogen and oxygen atoms in total. The van der Waals surface area contributed by atoms with Crippen molar-refractivity contribution in [3.8, 4) is 0 Å². The van der Waals surface area contributed by atoms with E-state index >= 15 is 0 Å². The lowest BCUT2D eigenvalue weighted by Crippen LogP contribution is -2.12. The van der Waals surface area contributed by atoms with Gasteiger partial charge in [-0.3, -0.25) is 9.78 Å². The lowest BCUT2D eigenvalue weighted by Gasteiger charge is -2.10. The molecule has 5 heteroatoms. The standard InChI is InChI=1S/C20H18BrN3O/c1-13-7-14(2)9-18(8-13)23-19-10-15(11-22-12-19)20(25)24-17-5-3-16(21)4-6-17/h3-12,23H,1-2H3,(H,24,25). The zero-order valence-corrected chi connectivity index (χ0v) is 15.6. The van der Waals surface area contributed by atoms with Gasteiger partial charge in [0.15, 0.2) is 0 Å². The van der Waals surface area contributed by atoms with Gasteiger partial charge in [-0.05, 0) is 67.4 Å². The second kappa shape index (κ2) is 7.49. The normalized spacial score (nSPS) is 10.4. The first-order valence-corrected chi connectivity index (χ1v) is 8.66. The highest BCUT2D eigenvalue weighted by atomic mass is 79.9. The van der Waals surface area contributed by atoms with Crippen LogP contribution in [-0.4, -0.2) is 10.9 Å². The van der Waals surface area contributed by atoms with Gasteiger partial charge in [0.2, 0.25) is 0 Å². The molecular formula is C20H18BrN3O. The number of hydrogen-bond acceptors (Lipinski definition) is 3. The Kier molecular flexibility index (Phi) is 5.14. The Morgan fingerprint density at radius 2 is 1.56 bits per heavy atom. The summed E-state index contributed by atoms with van der Waals surface area (Å²) in [5.74, 6) is -0.195. The molecule has 3 rings (SSSR count). The minimum atomic E-state index is -0.195. The number of carbonyl (C=O) groups is 1. The minimum absolute atomic E-state index is 0.195. The molecule has 0 aliphatic carbocycles. The number of aryl methyl sites for hydroxylation is 2. The lowest BCUT2D eigenvalue weighted by molar-refractivity contribution is 0.102. The first-order valence-electron chi connectivity index (χ1n) is 7.87. The number of pyridine rings is 1. The van der Waals surface area contributed by atoms with Crippen LogP contribution in [0.25, 0.3) is 0 Å². The molecule has 0 saturated carbocycles. The molecule has 1 aromatic heterocycles. The maximum absolute atomic E-state index is 12.4. The van der Waals surface area contributed by atoms with E-state index < -0.39 is 0 Å². The number of anilines is 3. The molecule has 2 aromatic carbocycles. The Bertz CT molecular complexity index is 887. The molecule has 0 unspecified atom stereocenters. The molecule has 126 valence electrons. The van der Waals surface area contributed by atoms with E-state index in [0.29, 0.717) is 5.56 Å². The second-order valence-electron chi connectivity index (χ2n) is 5.92. The maximum Gasteiger partial charge on any atom is 0.257 e. The lowest BCUT2D eigenvalue weighted by atomic mass is 10.1. The average molecular weight is 396 g/mol. The molecule has 1 heterocycles. The summed E-state index contributed by atoms with van der Waals surface area (Å²) in [6.45, 7) is 4.11. The van der Waals surface area contributed by atoms with Crippen LogP contribution in [-0.2, 0) is 0 Å². The fourth-order valence-corrected chi connectivity index (χ4v) is 2.85. The molecule has 0 fully saturated rings. The highest BCUT2D eigenvalue weighted by Gasteiger charge is 2.08. The molecule has 2 N–H and O–H groups in total. The van der Waals surface area contributed by atoms with Gasteiger partial charge in [0.05, 0.1) is 17.4 Å². The molecule has 0 atom stereocenters. The molecule has 0 radical (unpaired) electrons. The van der Waals surface area contributed by atoms with Crippen LogP contribution in [0.3, 0.4) is 0 Å². The number of amides is 1. The van der Waals surface area contributed by atoms with Gasteiger partial charge in [-0.15, -0.1) is 0 Å². The van der Waals surface area contributed by atoms with Crippen LogP contribution in [0, 0.1) is 13.8 Å². The van der Waals surface area contributed by atoms with Gasteiger partial charge in [0.1, 0.15) is 0 Å². The van der Waals surface area contributed by atoms with Crippen molar-refractivity contribution in [1.82, 2.24) is 4.98 Å². The maximum atomic E-state index is 12.4. The first-order chi connectivity index (χ1) is 12.0. The van der Waals surface area contributed by atoms with Crippen molar-refractivity contribution in [2.45, 2.75) is 13.8 Å². The number of nitrogens with zero attached hydrogens (tertiary/aromatic N) is 1. The number of halogens is 1. The number of hydrogen-bond donors (Lipinski definition) is 2. The van der Waals surface area contributed by atoms with E-state index in [2.05, 4.69) is 63.6 Å². The summed E-state index contributed by atoms with van der Waals surface area (Å²) >= 11 is 3.38. The SMILES string of the molecule is Cc1cc(C)cc(Nc2cncc(C(=O)Nc3ccc(Br)cc3)c2)c1. The second-order valence-corrected chi connectivity index (χ2v) is 6.84. The Labute approximate surface area is 155 Å². The molecule has 0 spiro atoms. The van der Waals surface area contributed by atoms with Gasteiger partial charge < -0.3 is 10.6 Å². The van der Waals surface area contributed by atoms with E-state index in [0.717, 1.165) is 21.5 Å². The summed E-state index contributed by atoms with van der Waals surface area (Å²) in [6, 6.07) is 15.5. The number of benzene rings is 2. The van der Waals surface area contributed by atoms with Crippen molar-refractivity contribution in [3.05, 3.63) is 82.1 Å². The van der Waals surface area contributed by atoms with Gasteiger partial charge in [-0.2, -0.15) is 0 Å². The molecule has 0 saturated heterocycles. The van der Waals surface area contributed by atoms with Crippen LogP contribution in [0.4, 0.5) is 17.1 Å². The van der Waals surface area contributed by atoms with E-state index in [1.807, 2.05) is 24.3 Å². The third-order valence-electron chi connectivity index (χ3n) is 3.61. The zero-order chi connectivity index (χ0) is 17.8. The van der Waals surface area contributed by atoms with Gasteiger partial charge >= 0.3 is 0 Å². The van der Waals surface area contributed by atoms with Gasteiger partial charge in [0, 0.05) is 22.0 Å². The van der Waals surface area contributed by atoms with Crippen LogP contribution in [0.5, 0.6) is 0 Å². The van der Waals surface area contributed by atoms with Crippen molar-refractivity contribution in [1.29, 1.82) is 0 Å². The van der Waals surface area contributed by atoms with Crippen molar-refractivity contribution in [2.75, 3.05) is 10.6 Å². The highest BCUT2D eigenvalue weighted by molar-refractivity contribution is 9.10. The van der Waals surface area contributed by atoms with Crippen LogP contribution >= 0.6 is 15.9 Å². The van der Waals surface area contributed by atoms with Crippen molar-refractivity contribution < 1.29 is 4.79 Å². The summed E-state index contributed by atoms with van der Waals surface area (Å²) in [7, 11) is 0. The summed E-state index contributed by atoms with van der Waals surface area (Å²) in [4.78, 5) is 16.6. The fourth-order valence-electron chi connectivity index (χ4n) is 2.58. The molecule has 25 heavy (non-hydrogen) atoms. The number of nitrogens with one attached hydrogen (secondary N) is 2. The summed E-state index contributed by atoms with van der Waals surface area (Å²) < 4.78 is 0.965. The summed E-state index contributed by atoms with van der Waals surface area (Å²) in [5, 5.41) is 6.17. The van der Waals surface area contributed by atoms with Crippen LogP contribution in [0.2, 0.25) is 0 Å². The van der Waals surface area contributed by atoms with Crippen LogP contribution < -0.4 is 10.6 Å². The van der Waals surface area contributed by atoms with Gasteiger partial charge in [-0.1, -0.05) is 22.0 Å². The molecule has 0 bridgehead atoms. The van der Waals surface area contributed by atoms with Crippen LogP contribution in [0.15, 0.2) is 65.4 Å². The van der Waals surface area contributed by atoms with E-state index in [1.165, 1.54) is 11.1 Å². The molecule has 0 aliphatic heterocycles. The van der Waals surface area contributed by atoms with Gasteiger partial charge in [-0.25, -0.2) is 0 Å². The van der Waals surface area contributed by atoms with E-state index in [-0.39, 0.29) is 5.91 Å². The fraction of sp³-hybridized carbons (Fsp3) is 0.100. The molecule has 3 aromatic rings. The number of rotatable bonds is 4. The molecule has 1 amide bonds. The van der Waals surface area contributed by atoms with E-state index in [4.69, 9.17) is 0 Å². The third-order valence-corrected chi connectivity index (χ3v) is 4.14. The van der Waals surface area contributed by atoms with Gasteiger partial charge in [0.25, 0.3) is 5.91 Å². The molecular weight excluding hydrogens is 378 g/mol. The topological polar surface area (TPSA) is 54.0 Å². The number of carbonyl (C=O) groups excluding carboxylic acids is 1. The monoisotopic (exact) mass is 395 g/mol. The van der Waals surface area contributed by atoms with Crippen molar-refractivity contribution >= 4 is 38.9 Å². The Balaban J connectivity index is 1.76. The van der Waals surface area contributed by atoms with E-state index in [9.17, 15) is 4.79 Å². The zero-order valence-electron chi connectivity index (χ0n) is 14.0. The smallest absolute Gasteiger partial charge is 0.257 e. The predicted octanol–water partition coefficient (Wildman–Crippen LogP) is 5.46. The third kappa shape index (κ3) is 4.67. The Hall–Kier alpha value is -2.66. The Morgan fingerprint density at radius 1 is 0.880 bits per heavy atom. The van der Waals surface area contributed by atoms with Crippen molar-refractivity contribution in [2.24, 2.45) is 0 Å². The average Bonchev–Trinajstić information content (AvgIpc) is 2.56. The quantitative estimate of drug-likeness (QED) is 0.616. The predicted molar refractivity (Wildman–Crippen MR) is 106 cm³/mol. The first kappa shape index (κ1) is 17.2. The van der Waals surface area contributed by atoms with Crippen LogP contribution in [0.1, 0.15) is 21.5 Å². The summed E-state index contributed by atoms with van der Waals surface area (Å²) in [6.07, 6.45) is 3.26. The minimum Gasteiger partial charge on any atom is -0.354 e. The van der Waals surface area contributed by atoms with Crippen molar-refractivity contribution in [3.63, 3.8) is 0 Å².